The molecule has 6 nitrogen and oxygen atoms in total. The highest BCUT2D eigenvalue weighted by molar-refractivity contribution is 7.74. The normalized spacial score (nSPS) is 17.1. The molecule has 0 amide bonds. The molecule has 0 aliphatic heterocycles. The highest BCUT2D eigenvalue weighted by Gasteiger charge is 2.71. The predicted molar refractivity (Wildman–Crippen MR) is 60.3 cm³/mol. The van der Waals surface area contributed by atoms with E-state index in [-0.39, 0.29) is 10.9 Å². The Morgan fingerprint density at radius 3 is 1.71 bits per heavy atom. The summed E-state index contributed by atoms with van der Waals surface area (Å²) in [5.74, 6) is 0. The zero-order valence-corrected chi connectivity index (χ0v) is 12.0. The lowest BCUT2D eigenvalue weighted by Gasteiger charge is -2.11. The Bertz CT molecular complexity index is 465. The van der Waals surface area contributed by atoms with Gasteiger partial charge >= 0.3 is 28.7 Å². The molecule has 0 aromatic heterocycles. The maximum atomic E-state index is 11.1. The second-order valence-corrected chi connectivity index (χ2v) is 8.23. The molecule has 1 rings (SSSR count). The van der Waals surface area contributed by atoms with Crippen molar-refractivity contribution in [1.82, 2.24) is 0 Å². The van der Waals surface area contributed by atoms with Crippen LogP contribution in [0.1, 0.15) is 5.56 Å². The van der Waals surface area contributed by atoms with Crippen LogP contribution in [0.2, 0.25) is 0 Å². The molecule has 0 radical (unpaired) electrons. The molecule has 0 fully saturated rings. The molecular formula is C7H6O6P4. The third-order valence-electron chi connectivity index (χ3n) is 2.09. The molecule has 0 N–H and O–H groups in total. The maximum absolute atomic E-state index is 11.1. The second-order valence-electron chi connectivity index (χ2n) is 2.99. The predicted octanol–water partition coefficient (Wildman–Crippen LogP) is -0.395. The van der Waals surface area contributed by atoms with Gasteiger partial charge in [-0.25, -0.2) is 0 Å². The lowest BCUT2D eigenvalue weighted by atomic mass is 10.2. The Kier molecular flexibility index (Phi) is 4.95. The van der Waals surface area contributed by atoms with Crippen LogP contribution in [0.25, 0.3) is 0 Å². The van der Waals surface area contributed by atoms with Gasteiger partial charge < -0.3 is 14.7 Å². The van der Waals surface area contributed by atoms with Crippen molar-refractivity contribution in [2.45, 2.75) is 4.64 Å². The SMILES string of the molecule is O=[P+]([O-])C(c1ccccc1P)([P+](=O)[O-])[P+](=O)[O-]. The molecular weight excluding hydrogens is 304 g/mol. The van der Waals surface area contributed by atoms with Gasteiger partial charge in [0.25, 0.3) is 0 Å². The molecule has 90 valence electrons. The number of rotatable bonds is 4. The van der Waals surface area contributed by atoms with Crippen LogP contribution in [-0.2, 0) is 18.3 Å². The van der Waals surface area contributed by atoms with Gasteiger partial charge in [-0.2, -0.15) is 0 Å². The molecule has 10 heteroatoms. The summed E-state index contributed by atoms with van der Waals surface area (Å²) in [7, 11) is -9.07. The van der Waals surface area contributed by atoms with E-state index >= 15 is 0 Å². The van der Waals surface area contributed by atoms with Gasteiger partial charge in [0, 0.05) is 0 Å². The second kappa shape index (κ2) is 5.65. The van der Waals surface area contributed by atoms with Gasteiger partial charge in [0.2, 0.25) is 0 Å². The van der Waals surface area contributed by atoms with Gasteiger partial charge in [-0.15, -0.1) is 9.24 Å². The van der Waals surface area contributed by atoms with Crippen LogP contribution in [0, 0.1) is 0 Å². The first-order valence-electron chi connectivity index (χ1n) is 4.13. The topological polar surface area (TPSA) is 120 Å². The third kappa shape index (κ3) is 2.50. The minimum Gasteiger partial charge on any atom is -0.588 e. The van der Waals surface area contributed by atoms with E-state index in [4.69, 9.17) is 0 Å². The summed E-state index contributed by atoms with van der Waals surface area (Å²) in [6.45, 7) is 0. The molecule has 0 spiro atoms. The van der Waals surface area contributed by atoms with Gasteiger partial charge in [-0.3, -0.25) is 0 Å². The first-order valence-corrected chi connectivity index (χ1v) is 8.24. The standard InChI is InChI=1S/C7H6O6P4/c8-15(9)7(16(10)11,17(12)13)5-3-1-2-4-6(5)14/h1-4H,14H2. The van der Waals surface area contributed by atoms with E-state index in [1.54, 1.807) is 0 Å². The number of hydrogen-bond acceptors (Lipinski definition) is 6. The Morgan fingerprint density at radius 1 is 0.941 bits per heavy atom. The fraction of sp³-hybridized carbons (Fsp3) is 0.143. The smallest absolute Gasteiger partial charge is 0.532 e. The largest absolute Gasteiger partial charge is 0.588 e. The minimum atomic E-state index is -3.73. The average molecular weight is 310 g/mol. The van der Waals surface area contributed by atoms with Crippen molar-refractivity contribution in [3.63, 3.8) is 0 Å². The van der Waals surface area contributed by atoms with Crippen molar-refractivity contribution >= 4 is 38.6 Å². The molecule has 0 bridgehead atoms. The first-order chi connectivity index (χ1) is 7.85. The third-order valence-corrected chi connectivity index (χ3v) is 7.78. The Balaban J connectivity index is 3.66. The molecule has 1 aromatic rings. The lowest BCUT2D eigenvalue weighted by molar-refractivity contribution is -0.186. The van der Waals surface area contributed by atoms with Crippen LogP contribution in [-0.4, -0.2) is 0 Å². The zero-order valence-electron chi connectivity index (χ0n) is 8.18. The number of benzene rings is 1. The van der Waals surface area contributed by atoms with E-state index in [2.05, 4.69) is 9.24 Å². The molecule has 4 unspecified atom stereocenters. The van der Waals surface area contributed by atoms with Gasteiger partial charge in [-0.1, -0.05) is 31.9 Å². The maximum Gasteiger partial charge on any atom is 0.532 e. The molecule has 0 aliphatic rings. The van der Waals surface area contributed by atoms with Crippen LogP contribution >= 0.6 is 33.3 Å². The summed E-state index contributed by atoms with van der Waals surface area (Å²) in [4.78, 5) is 33.4. The Morgan fingerprint density at radius 2 is 1.35 bits per heavy atom. The van der Waals surface area contributed by atoms with Crippen LogP contribution < -0.4 is 20.0 Å². The van der Waals surface area contributed by atoms with E-state index in [1.807, 2.05) is 0 Å². The monoisotopic (exact) mass is 310 g/mol. The van der Waals surface area contributed by atoms with Crippen molar-refractivity contribution in [2.24, 2.45) is 0 Å². The highest BCUT2D eigenvalue weighted by atomic mass is 31.2. The minimum absolute atomic E-state index is 0.199. The molecule has 1 aromatic carbocycles. The quantitative estimate of drug-likeness (QED) is 0.698. The van der Waals surface area contributed by atoms with Crippen molar-refractivity contribution in [3.05, 3.63) is 29.8 Å². The Hall–Kier alpha value is -0.170. The van der Waals surface area contributed by atoms with Gasteiger partial charge in [0.15, 0.2) is 0 Å². The summed E-state index contributed by atoms with van der Waals surface area (Å²) in [5.41, 5.74) is -0.284. The molecule has 0 heterocycles. The van der Waals surface area contributed by atoms with Crippen LogP contribution in [0.5, 0.6) is 0 Å². The van der Waals surface area contributed by atoms with Gasteiger partial charge in [0.1, 0.15) is 5.56 Å². The number of hydrogen-bond donors (Lipinski definition) is 0. The molecule has 0 aliphatic carbocycles. The lowest BCUT2D eigenvalue weighted by Crippen LogP contribution is -2.28. The van der Waals surface area contributed by atoms with Gasteiger partial charge in [-0.05, 0) is 11.4 Å². The summed E-state index contributed by atoms with van der Waals surface area (Å²) in [5, 5.41) is 0.199. The van der Waals surface area contributed by atoms with Crippen molar-refractivity contribution in [3.8, 4) is 0 Å². The highest BCUT2D eigenvalue weighted by Crippen LogP contribution is 2.66. The van der Waals surface area contributed by atoms with Crippen LogP contribution in [0.4, 0.5) is 0 Å². The van der Waals surface area contributed by atoms with Gasteiger partial charge in [0.05, 0.1) is 0 Å². The fourth-order valence-corrected chi connectivity index (χ4v) is 4.89. The van der Waals surface area contributed by atoms with E-state index < -0.39 is 28.7 Å². The van der Waals surface area contributed by atoms with Crippen molar-refractivity contribution < 1.29 is 28.4 Å². The molecule has 0 saturated heterocycles. The average Bonchev–Trinajstić information content (AvgIpc) is 2.19. The van der Waals surface area contributed by atoms with Crippen LogP contribution in [0.3, 0.4) is 0 Å². The van der Waals surface area contributed by atoms with E-state index in [1.165, 1.54) is 18.2 Å². The van der Waals surface area contributed by atoms with E-state index in [0.717, 1.165) is 6.07 Å². The molecule has 0 saturated carbocycles. The summed E-state index contributed by atoms with van der Waals surface area (Å²) in [6.07, 6.45) is 0. The van der Waals surface area contributed by atoms with E-state index in [9.17, 15) is 28.4 Å². The van der Waals surface area contributed by atoms with Crippen molar-refractivity contribution in [2.75, 3.05) is 0 Å². The summed E-state index contributed by atoms with van der Waals surface area (Å²) >= 11 is 0. The summed E-state index contributed by atoms with van der Waals surface area (Å²) in [6, 6.07) is 5.47. The zero-order chi connectivity index (χ0) is 13.2. The molecule has 4 atom stereocenters. The fourth-order valence-electron chi connectivity index (χ4n) is 1.30. The summed E-state index contributed by atoms with van der Waals surface area (Å²) < 4.78 is 30.5. The van der Waals surface area contributed by atoms with Crippen LogP contribution in [0.15, 0.2) is 24.3 Å². The Labute approximate surface area is 102 Å². The first kappa shape index (κ1) is 14.9. The van der Waals surface area contributed by atoms with E-state index in [0.29, 0.717) is 0 Å². The van der Waals surface area contributed by atoms with Crippen molar-refractivity contribution in [1.29, 1.82) is 0 Å². The molecule has 17 heavy (non-hydrogen) atoms.